The predicted molar refractivity (Wildman–Crippen MR) is 40.5 cm³/mol. The molecule has 0 atom stereocenters. The van der Waals surface area contributed by atoms with E-state index in [0.29, 0.717) is 6.20 Å². The Morgan fingerprint density at radius 2 is 2.20 bits per heavy atom. The van der Waals surface area contributed by atoms with Gasteiger partial charge in [0, 0.05) is 0 Å². The van der Waals surface area contributed by atoms with Crippen LogP contribution in [0.25, 0.3) is 0 Å². The van der Waals surface area contributed by atoms with Crippen molar-refractivity contribution in [3.8, 4) is 6.07 Å². The van der Waals surface area contributed by atoms with E-state index in [1.807, 2.05) is 0 Å². The Balaban J connectivity index is 3.53. The van der Waals surface area contributed by atoms with E-state index < -0.39 is 34.1 Å². The second-order valence-electron chi connectivity index (χ2n) is 2.39. The maximum Gasteiger partial charge on any atom is 0.375 e. The fourth-order valence-corrected chi connectivity index (χ4v) is 0.912. The van der Waals surface area contributed by atoms with Crippen LogP contribution in [0.5, 0.6) is 0 Å². The number of pyridine rings is 1. The number of nitro groups is 1. The average Bonchev–Trinajstić information content (AvgIpc) is 2.16. The third-order valence-electron chi connectivity index (χ3n) is 1.54. The van der Waals surface area contributed by atoms with Crippen molar-refractivity contribution in [2.45, 2.75) is 6.43 Å². The SMILES string of the molecule is N#Cc1cnc([N+](=O)[O-])c(C(F)F)c1F. The van der Waals surface area contributed by atoms with E-state index >= 15 is 0 Å². The number of halogens is 3. The van der Waals surface area contributed by atoms with Crippen LogP contribution < -0.4 is 0 Å². The molecule has 8 heteroatoms. The molecule has 0 unspecified atom stereocenters. The maximum absolute atomic E-state index is 13.1. The molecule has 0 fully saturated rings. The largest absolute Gasteiger partial charge is 0.375 e. The van der Waals surface area contributed by atoms with Gasteiger partial charge in [-0.25, -0.2) is 13.2 Å². The molecule has 1 aromatic heterocycles. The summed E-state index contributed by atoms with van der Waals surface area (Å²) in [6.07, 6.45) is -2.86. The van der Waals surface area contributed by atoms with Crippen LogP contribution in [0.15, 0.2) is 6.20 Å². The molecule has 78 valence electrons. The molecule has 15 heavy (non-hydrogen) atoms. The molecule has 0 aliphatic rings. The van der Waals surface area contributed by atoms with E-state index in [1.54, 1.807) is 0 Å². The van der Waals surface area contributed by atoms with Crippen LogP contribution in [0.1, 0.15) is 17.6 Å². The first kappa shape index (κ1) is 10.9. The van der Waals surface area contributed by atoms with Gasteiger partial charge in [0.1, 0.15) is 11.6 Å². The van der Waals surface area contributed by atoms with Gasteiger partial charge in [-0.3, -0.25) is 0 Å². The monoisotopic (exact) mass is 217 g/mol. The fraction of sp³-hybridized carbons (Fsp3) is 0.143. The first-order chi connectivity index (χ1) is 6.99. The van der Waals surface area contributed by atoms with Gasteiger partial charge in [0.2, 0.25) is 0 Å². The van der Waals surface area contributed by atoms with Crippen LogP contribution >= 0.6 is 0 Å². The van der Waals surface area contributed by atoms with Crippen LogP contribution in [-0.4, -0.2) is 9.91 Å². The Labute approximate surface area is 80.9 Å². The number of hydrogen-bond acceptors (Lipinski definition) is 4. The second-order valence-corrected chi connectivity index (χ2v) is 2.39. The molecule has 0 saturated carbocycles. The van der Waals surface area contributed by atoms with Crippen LogP contribution in [0.2, 0.25) is 0 Å². The third-order valence-corrected chi connectivity index (χ3v) is 1.54. The standard InChI is InChI=1S/C7H2F3N3O2/c8-5-3(1-11)2-12-7(13(14)15)4(5)6(9)10/h2,6H. The topological polar surface area (TPSA) is 79.8 Å². The zero-order chi connectivity index (χ0) is 11.6. The van der Waals surface area contributed by atoms with Crippen molar-refractivity contribution in [1.82, 2.24) is 4.98 Å². The summed E-state index contributed by atoms with van der Waals surface area (Å²) in [6.45, 7) is 0. The first-order valence-corrected chi connectivity index (χ1v) is 3.50. The Morgan fingerprint density at radius 1 is 1.60 bits per heavy atom. The summed E-state index contributed by atoms with van der Waals surface area (Å²) in [7, 11) is 0. The maximum atomic E-state index is 13.1. The summed E-state index contributed by atoms with van der Waals surface area (Å²) >= 11 is 0. The Hall–Kier alpha value is -2.17. The van der Waals surface area contributed by atoms with Gasteiger partial charge in [-0.1, -0.05) is 0 Å². The van der Waals surface area contributed by atoms with Crippen LogP contribution in [0.4, 0.5) is 19.0 Å². The van der Waals surface area contributed by atoms with E-state index in [4.69, 9.17) is 5.26 Å². The molecular weight excluding hydrogens is 215 g/mol. The predicted octanol–water partition coefficient (Wildman–Crippen LogP) is 1.94. The summed E-state index contributed by atoms with van der Waals surface area (Å²) in [5.41, 5.74) is -2.21. The molecule has 0 aliphatic heterocycles. The summed E-state index contributed by atoms with van der Waals surface area (Å²) in [4.78, 5) is 12.0. The van der Waals surface area contributed by atoms with E-state index in [0.717, 1.165) is 0 Å². The molecule has 1 rings (SSSR count). The molecule has 0 amide bonds. The van der Waals surface area contributed by atoms with Gasteiger partial charge in [0.15, 0.2) is 17.6 Å². The lowest BCUT2D eigenvalue weighted by molar-refractivity contribution is -0.391. The number of aromatic nitrogens is 1. The van der Waals surface area contributed by atoms with Crippen LogP contribution in [0, 0.1) is 27.3 Å². The van der Waals surface area contributed by atoms with E-state index in [-0.39, 0.29) is 0 Å². The van der Waals surface area contributed by atoms with Crippen molar-refractivity contribution in [3.63, 3.8) is 0 Å². The molecule has 1 aromatic rings. The Kier molecular flexibility index (Phi) is 2.85. The van der Waals surface area contributed by atoms with Crippen molar-refractivity contribution >= 4 is 5.82 Å². The molecule has 0 N–H and O–H groups in total. The summed E-state index contributed by atoms with van der Waals surface area (Å²) in [5.74, 6) is -2.88. The zero-order valence-electron chi connectivity index (χ0n) is 6.95. The lowest BCUT2D eigenvalue weighted by atomic mass is 10.2. The molecule has 0 aromatic carbocycles. The molecule has 1 heterocycles. The van der Waals surface area contributed by atoms with Crippen LogP contribution in [-0.2, 0) is 0 Å². The highest BCUT2D eigenvalue weighted by molar-refractivity contribution is 5.42. The molecule has 0 bridgehead atoms. The van der Waals surface area contributed by atoms with Crippen molar-refractivity contribution in [3.05, 3.63) is 33.3 Å². The molecule has 0 saturated heterocycles. The minimum atomic E-state index is -3.40. The van der Waals surface area contributed by atoms with E-state index in [2.05, 4.69) is 4.98 Å². The summed E-state index contributed by atoms with van der Waals surface area (Å²) < 4.78 is 37.6. The average molecular weight is 217 g/mol. The van der Waals surface area contributed by atoms with Crippen molar-refractivity contribution in [2.75, 3.05) is 0 Å². The number of nitriles is 1. The number of nitrogens with zero attached hydrogens (tertiary/aromatic N) is 3. The molecular formula is C7H2F3N3O2. The van der Waals surface area contributed by atoms with E-state index in [1.165, 1.54) is 6.07 Å². The summed E-state index contributed by atoms with van der Waals surface area (Å²) in [5, 5.41) is 18.5. The fourth-order valence-electron chi connectivity index (χ4n) is 0.912. The van der Waals surface area contributed by atoms with Gasteiger partial charge >= 0.3 is 5.82 Å². The highest BCUT2D eigenvalue weighted by atomic mass is 19.3. The van der Waals surface area contributed by atoms with E-state index in [9.17, 15) is 23.3 Å². The third kappa shape index (κ3) is 1.85. The molecule has 0 aliphatic carbocycles. The molecule has 0 radical (unpaired) electrons. The summed E-state index contributed by atoms with van der Waals surface area (Å²) in [6, 6.07) is 1.26. The minimum Gasteiger partial charge on any atom is -0.358 e. The van der Waals surface area contributed by atoms with Gasteiger partial charge in [0.25, 0.3) is 6.43 Å². The highest BCUT2D eigenvalue weighted by Gasteiger charge is 2.30. The quantitative estimate of drug-likeness (QED) is 0.560. The first-order valence-electron chi connectivity index (χ1n) is 3.50. The van der Waals surface area contributed by atoms with Crippen molar-refractivity contribution in [1.29, 1.82) is 5.26 Å². The minimum absolute atomic E-state index is 0.541. The molecule has 0 spiro atoms. The van der Waals surface area contributed by atoms with Gasteiger partial charge < -0.3 is 10.1 Å². The van der Waals surface area contributed by atoms with Gasteiger partial charge in [0.05, 0.1) is 0 Å². The Morgan fingerprint density at radius 3 is 2.60 bits per heavy atom. The lowest BCUT2D eigenvalue weighted by Gasteiger charge is -2.02. The highest BCUT2D eigenvalue weighted by Crippen LogP contribution is 2.30. The van der Waals surface area contributed by atoms with Crippen molar-refractivity contribution < 1.29 is 18.1 Å². The lowest BCUT2D eigenvalue weighted by Crippen LogP contribution is -2.04. The van der Waals surface area contributed by atoms with Gasteiger partial charge in [-0.2, -0.15) is 5.26 Å². The smallest absolute Gasteiger partial charge is 0.358 e. The normalized spacial score (nSPS) is 10.1. The van der Waals surface area contributed by atoms with Crippen LogP contribution in [0.3, 0.4) is 0 Å². The second kappa shape index (κ2) is 3.91. The number of alkyl halides is 2. The Bertz CT molecular complexity index is 456. The number of rotatable bonds is 2. The van der Waals surface area contributed by atoms with Gasteiger partial charge in [-0.15, -0.1) is 0 Å². The zero-order valence-corrected chi connectivity index (χ0v) is 6.95. The van der Waals surface area contributed by atoms with Gasteiger partial charge in [-0.05, 0) is 9.91 Å². The molecule has 5 nitrogen and oxygen atoms in total. The number of hydrogen-bond donors (Lipinski definition) is 0. The van der Waals surface area contributed by atoms with Crippen molar-refractivity contribution in [2.24, 2.45) is 0 Å².